The maximum atomic E-state index is 9.12. The second-order valence-electron chi connectivity index (χ2n) is 3.49. The summed E-state index contributed by atoms with van der Waals surface area (Å²) in [6.07, 6.45) is 0.205. The number of benzene rings is 1. The summed E-state index contributed by atoms with van der Waals surface area (Å²) < 4.78 is 6.42. The molecule has 5 heteroatoms. The molecule has 0 heterocycles. The van der Waals surface area contributed by atoms with Crippen LogP contribution in [-0.2, 0) is 0 Å². The summed E-state index contributed by atoms with van der Waals surface area (Å²) in [5.74, 6) is 0.649. The molecule has 3 N–H and O–H groups in total. The Balaban J connectivity index is 2.75. The summed E-state index contributed by atoms with van der Waals surface area (Å²) in [6, 6.07) is 5.49. The fourth-order valence-corrected chi connectivity index (χ4v) is 1.68. The standard InChI is InChI=1S/C11H14BrNO2S/c1-7(14)4-5-15-10-3-2-8(12)6-9(10)11(13)16/h2-3,6-7,14H,4-5H2,1H3,(H2,13,16). The molecular formula is C11H14BrNO2S. The van der Waals surface area contributed by atoms with Crippen LogP contribution in [0, 0.1) is 0 Å². The van der Waals surface area contributed by atoms with E-state index in [4.69, 9.17) is 27.8 Å². The SMILES string of the molecule is CC(O)CCOc1ccc(Br)cc1C(N)=S. The summed E-state index contributed by atoms with van der Waals surface area (Å²) >= 11 is 8.28. The molecule has 0 fully saturated rings. The molecule has 1 unspecified atom stereocenters. The van der Waals surface area contributed by atoms with Crippen molar-refractivity contribution < 1.29 is 9.84 Å². The van der Waals surface area contributed by atoms with Crippen molar-refractivity contribution in [2.75, 3.05) is 6.61 Å². The van der Waals surface area contributed by atoms with Crippen LogP contribution < -0.4 is 10.5 Å². The van der Waals surface area contributed by atoms with Gasteiger partial charge in [-0.25, -0.2) is 0 Å². The predicted molar refractivity (Wildman–Crippen MR) is 71.8 cm³/mol. The van der Waals surface area contributed by atoms with Gasteiger partial charge in [-0.15, -0.1) is 0 Å². The number of rotatable bonds is 5. The molecule has 1 atom stereocenters. The highest BCUT2D eigenvalue weighted by atomic mass is 79.9. The van der Waals surface area contributed by atoms with E-state index in [1.165, 1.54) is 0 Å². The van der Waals surface area contributed by atoms with Crippen LogP contribution in [0.3, 0.4) is 0 Å². The molecule has 0 saturated carbocycles. The number of hydrogen-bond donors (Lipinski definition) is 2. The second kappa shape index (κ2) is 6.18. The molecular weight excluding hydrogens is 290 g/mol. The van der Waals surface area contributed by atoms with E-state index >= 15 is 0 Å². The van der Waals surface area contributed by atoms with E-state index in [-0.39, 0.29) is 6.10 Å². The topological polar surface area (TPSA) is 55.5 Å². The molecule has 0 radical (unpaired) electrons. The van der Waals surface area contributed by atoms with Crippen molar-refractivity contribution in [3.8, 4) is 5.75 Å². The number of hydrogen-bond acceptors (Lipinski definition) is 3. The zero-order chi connectivity index (χ0) is 12.1. The van der Waals surface area contributed by atoms with Gasteiger partial charge in [0.15, 0.2) is 0 Å². The van der Waals surface area contributed by atoms with Gasteiger partial charge in [0.05, 0.1) is 18.3 Å². The maximum Gasteiger partial charge on any atom is 0.129 e. The Morgan fingerprint density at radius 3 is 2.88 bits per heavy atom. The first-order valence-electron chi connectivity index (χ1n) is 4.91. The number of nitrogens with two attached hydrogens (primary N) is 1. The summed E-state index contributed by atoms with van der Waals surface area (Å²) in [4.78, 5) is 0.299. The number of halogens is 1. The van der Waals surface area contributed by atoms with Crippen molar-refractivity contribution in [3.63, 3.8) is 0 Å². The van der Waals surface area contributed by atoms with Crippen LogP contribution in [0.4, 0.5) is 0 Å². The quantitative estimate of drug-likeness (QED) is 0.819. The van der Waals surface area contributed by atoms with E-state index < -0.39 is 0 Å². The molecule has 0 aliphatic heterocycles. The molecule has 3 nitrogen and oxygen atoms in total. The van der Waals surface area contributed by atoms with Gasteiger partial charge in [0, 0.05) is 10.9 Å². The monoisotopic (exact) mass is 303 g/mol. The fraction of sp³-hybridized carbons (Fsp3) is 0.364. The summed E-state index contributed by atoms with van der Waals surface area (Å²) in [6.45, 7) is 2.16. The van der Waals surface area contributed by atoms with Crippen molar-refractivity contribution in [3.05, 3.63) is 28.2 Å². The van der Waals surface area contributed by atoms with Crippen LogP contribution in [0.1, 0.15) is 18.9 Å². The molecule has 0 aliphatic rings. The number of aliphatic hydroxyl groups excluding tert-OH is 1. The van der Waals surface area contributed by atoms with E-state index in [1.54, 1.807) is 13.0 Å². The minimum Gasteiger partial charge on any atom is -0.493 e. The molecule has 0 amide bonds. The van der Waals surface area contributed by atoms with E-state index in [9.17, 15) is 0 Å². The minimum absolute atomic E-state index is 0.299. The zero-order valence-corrected chi connectivity index (χ0v) is 11.3. The van der Waals surface area contributed by atoms with Gasteiger partial charge >= 0.3 is 0 Å². The molecule has 0 spiro atoms. The predicted octanol–water partition coefficient (Wildman–Crippen LogP) is 2.23. The third kappa shape index (κ3) is 4.08. The molecule has 1 aromatic carbocycles. The highest BCUT2D eigenvalue weighted by Crippen LogP contribution is 2.23. The highest BCUT2D eigenvalue weighted by Gasteiger charge is 2.07. The molecule has 88 valence electrons. The average Bonchev–Trinajstić information content (AvgIpc) is 2.19. The molecule has 16 heavy (non-hydrogen) atoms. The number of aliphatic hydroxyl groups is 1. The van der Waals surface area contributed by atoms with Gasteiger partial charge in [0.2, 0.25) is 0 Å². The van der Waals surface area contributed by atoms with E-state index in [0.717, 1.165) is 4.47 Å². The zero-order valence-electron chi connectivity index (χ0n) is 8.94. The van der Waals surface area contributed by atoms with Crippen LogP contribution in [0.2, 0.25) is 0 Å². The first-order valence-corrected chi connectivity index (χ1v) is 6.11. The molecule has 1 aromatic rings. The lowest BCUT2D eigenvalue weighted by Gasteiger charge is -2.11. The Bertz CT molecular complexity index is 382. The average molecular weight is 304 g/mol. The Morgan fingerprint density at radius 1 is 1.62 bits per heavy atom. The Hall–Kier alpha value is -0.650. The molecule has 0 aliphatic carbocycles. The third-order valence-electron chi connectivity index (χ3n) is 2.00. The number of ether oxygens (including phenoxy) is 1. The van der Waals surface area contributed by atoms with E-state index in [2.05, 4.69) is 15.9 Å². The van der Waals surface area contributed by atoms with Crippen LogP contribution >= 0.6 is 28.1 Å². The minimum atomic E-state index is -0.372. The van der Waals surface area contributed by atoms with Crippen molar-refractivity contribution in [1.82, 2.24) is 0 Å². The van der Waals surface area contributed by atoms with Crippen LogP contribution in [0.25, 0.3) is 0 Å². The van der Waals surface area contributed by atoms with Gasteiger partial charge in [0.25, 0.3) is 0 Å². The molecule has 1 rings (SSSR count). The van der Waals surface area contributed by atoms with Crippen LogP contribution in [-0.4, -0.2) is 22.8 Å². The third-order valence-corrected chi connectivity index (χ3v) is 2.71. The highest BCUT2D eigenvalue weighted by molar-refractivity contribution is 9.10. The summed E-state index contributed by atoms with van der Waals surface area (Å²) in [7, 11) is 0. The summed E-state index contributed by atoms with van der Waals surface area (Å²) in [5, 5.41) is 9.12. The van der Waals surface area contributed by atoms with Crippen molar-refractivity contribution in [2.45, 2.75) is 19.4 Å². The molecule has 0 aromatic heterocycles. The molecule has 0 saturated heterocycles. The lowest BCUT2D eigenvalue weighted by Crippen LogP contribution is -2.13. The van der Waals surface area contributed by atoms with Crippen LogP contribution in [0.15, 0.2) is 22.7 Å². The fourth-order valence-electron chi connectivity index (χ4n) is 1.16. The van der Waals surface area contributed by atoms with Crippen molar-refractivity contribution >= 4 is 33.1 Å². The van der Waals surface area contributed by atoms with Gasteiger partial charge < -0.3 is 15.6 Å². The lowest BCUT2D eigenvalue weighted by molar-refractivity contribution is 0.155. The Morgan fingerprint density at radius 2 is 2.31 bits per heavy atom. The van der Waals surface area contributed by atoms with Gasteiger partial charge in [-0.3, -0.25) is 0 Å². The smallest absolute Gasteiger partial charge is 0.129 e. The normalized spacial score (nSPS) is 12.2. The summed E-state index contributed by atoms with van der Waals surface area (Å²) in [5.41, 5.74) is 6.30. The first-order chi connectivity index (χ1) is 7.50. The maximum absolute atomic E-state index is 9.12. The van der Waals surface area contributed by atoms with Crippen molar-refractivity contribution in [1.29, 1.82) is 0 Å². The Kier molecular flexibility index (Phi) is 5.18. The van der Waals surface area contributed by atoms with E-state index in [1.807, 2.05) is 12.1 Å². The largest absolute Gasteiger partial charge is 0.493 e. The Labute approximate surface area is 109 Å². The second-order valence-corrected chi connectivity index (χ2v) is 4.85. The van der Waals surface area contributed by atoms with Gasteiger partial charge in [0.1, 0.15) is 10.7 Å². The van der Waals surface area contributed by atoms with Crippen molar-refractivity contribution in [2.24, 2.45) is 5.73 Å². The van der Waals surface area contributed by atoms with Gasteiger partial charge in [-0.05, 0) is 25.1 Å². The van der Waals surface area contributed by atoms with Crippen LogP contribution in [0.5, 0.6) is 5.75 Å². The molecule has 0 bridgehead atoms. The van der Waals surface area contributed by atoms with Gasteiger partial charge in [-0.2, -0.15) is 0 Å². The van der Waals surface area contributed by atoms with E-state index in [0.29, 0.717) is 29.3 Å². The van der Waals surface area contributed by atoms with Gasteiger partial charge in [-0.1, -0.05) is 28.1 Å². The lowest BCUT2D eigenvalue weighted by atomic mass is 10.2. The first kappa shape index (κ1) is 13.4. The number of thiocarbonyl (C=S) groups is 1.